The first-order valence-corrected chi connectivity index (χ1v) is 4.03. The van der Waals surface area contributed by atoms with Crippen LogP contribution in [0.5, 0.6) is 0 Å². The van der Waals surface area contributed by atoms with Gasteiger partial charge >= 0.3 is 0 Å². The molecular formula is C9H13NO. The number of Topliss-reactive ketones (excluding diaryl/α,β-unsaturated/α-hetero) is 1. The van der Waals surface area contributed by atoms with Crippen LogP contribution in [-0.4, -0.2) is 18.9 Å². The average Bonchev–Trinajstić information content (AvgIpc) is 2.52. The molecule has 0 aliphatic carbocycles. The molecule has 60 valence electrons. The van der Waals surface area contributed by atoms with Crippen molar-refractivity contribution in [2.75, 3.05) is 13.1 Å². The van der Waals surface area contributed by atoms with Crippen molar-refractivity contribution in [2.24, 2.45) is 5.92 Å². The molecule has 2 nitrogen and oxygen atoms in total. The van der Waals surface area contributed by atoms with E-state index in [0.29, 0.717) is 12.3 Å². The van der Waals surface area contributed by atoms with Crippen molar-refractivity contribution in [1.29, 1.82) is 0 Å². The Kier molecular flexibility index (Phi) is 3.13. The van der Waals surface area contributed by atoms with Gasteiger partial charge in [0.1, 0.15) is 0 Å². The summed E-state index contributed by atoms with van der Waals surface area (Å²) in [6, 6.07) is 0. The summed E-state index contributed by atoms with van der Waals surface area (Å²) in [6.45, 7) is 2.15. The molecule has 11 heavy (non-hydrogen) atoms. The van der Waals surface area contributed by atoms with Gasteiger partial charge in [-0.15, -0.1) is 6.42 Å². The Morgan fingerprint density at radius 1 is 1.73 bits per heavy atom. The van der Waals surface area contributed by atoms with Gasteiger partial charge < -0.3 is 5.32 Å². The number of nitrogens with one attached hydrogen (secondary N) is 1. The number of carbonyl (C=O) groups excluding carboxylic acids is 1. The van der Waals surface area contributed by atoms with Gasteiger partial charge in [-0.3, -0.25) is 4.79 Å². The van der Waals surface area contributed by atoms with Crippen LogP contribution in [0.1, 0.15) is 19.3 Å². The largest absolute Gasteiger partial charge is 0.316 e. The van der Waals surface area contributed by atoms with E-state index < -0.39 is 0 Å². The number of ketones is 1. The Morgan fingerprint density at radius 2 is 2.55 bits per heavy atom. The van der Waals surface area contributed by atoms with E-state index in [1.54, 1.807) is 0 Å². The Labute approximate surface area is 67.4 Å². The highest BCUT2D eigenvalue weighted by molar-refractivity contribution is 5.94. The topological polar surface area (TPSA) is 29.1 Å². The van der Waals surface area contributed by atoms with E-state index in [1.807, 2.05) is 0 Å². The molecule has 1 rings (SSSR count). The zero-order valence-electron chi connectivity index (χ0n) is 6.60. The zero-order chi connectivity index (χ0) is 8.10. The monoisotopic (exact) mass is 151 g/mol. The minimum atomic E-state index is -0.0584. The Morgan fingerprint density at radius 3 is 3.09 bits per heavy atom. The van der Waals surface area contributed by atoms with Gasteiger partial charge in [0.25, 0.3) is 0 Å². The third-order valence-electron chi connectivity index (χ3n) is 2.10. The molecule has 1 fully saturated rings. The lowest BCUT2D eigenvalue weighted by molar-refractivity contribution is -0.114. The van der Waals surface area contributed by atoms with Gasteiger partial charge in [-0.25, -0.2) is 0 Å². The number of hydrogen-bond acceptors (Lipinski definition) is 2. The molecule has 1 aliphatic rings. The van der Waals surface area contributed by atoms with Gasteiger partial charge in [0, 0.05) is 6.42 Å². The molecule has 1 atom stereocenters. The molecule has 0 aromatic heterocycles. The second-order valence-corrected chi connectivity index (χ2v) is 2.97. The first kappa shape index (κ1) is 8.29. The predicted molar refractivity (Wildman–Crippen MR) is 44.1 cm³/mol. The third-order valence-corrected chi connectivity index (χ3v) is 2.10. The molecule has 0 spiro atoms. The molecule has 0 saturated carbocycles. The fourth-order valence-electron chi connectivity index (χ4n) is 1.37. The van der Waals surface area contributed by atoms with Crippen LogP contribution in [0, 0.1) is 18.3 Å². The number of hydrogen-bond donors (Lipinski definition) is 1. The normalized spacial score (nSPS) is 23.0. The molecule has 0 radical (unpaired) electrons. The van der Waals surface area contributed by atoms with Crippen LogP contribution in [0.2, 0.25) is 0 Å². The molecule has 1 unspecified atom stereocenters. The van der Waals surface area contributed by atoms with E-state index >= 15 is 0 Å². The van der Waals surface area contributed by atoms with Gasteiger partial charge in [0.15, 0.2) is 0 Å². The first-order chi connectivity index (χ1) is 5.33. The van der Waals surface area contributed by atoms with Crippen LogP contribution < -0.4 is 5.32 Å². The van der Waals surface area contributed by atoms with Crippen molar-refractivity contribution in [3.8, 4) is 12.3 Å². The van der Waals surface area contributed by atoms with Gasteiger partial charge in [-0.2, -0.15) is 0 Å². The second-order valence-electron chi connectivity index (χ2n) is 2.97. The predicted octanol–water partition coefficient (Wildman–Crippen LogP) is 0.578. The van der Waals surface area contributed by atoms with Crippen LogP contribution in [-0.2, 0) is 4.79 Å². The summed E-state index contributed by atoms with van der Waals surface area (Å²) >= 11 is 0. The number of terminal acetylenes is 1. The van der Waals surface area contributed by atoms with Crippen molar-refractivity contribution in [3.63, 3.8) is 0 Å². The fourth-order valence-corrected chi connectivity index (χ4v) is 1.37. The molecule has 0 aromatic carbocycles. The fraction of sp³-hybridized carbons (Fsp3) is 0.667. The molecule has 1 saturated heterocycles. The lowest BCUT2D eigenvalue weighted by Crippen LogP contribution is -2.09. The third kappa shape index (κ3) is 2.73. The van der Waals surface area contributed by atoms with E-state index in [4.69, 9.17) is 6.42 Å². The van der Waals surface area contributed by atoms with Crippen molar-refractivity contribution >= 4 is 5.78 Å². The number of carbonyl (C=O) groups is 1. The van der Waals surface area contributed by atoms with Crippen LogP contribution in [0.15, 0.2) is 0 Å². The lowest BCUT2D eigenvalue weighted by atomic mass is 10.0. The van der Waals surface area contributed by atoms with Crippen LogP contribution in [0.3, 0.4) is 0 Å². The van der Waals surface area contributed by atoms with Gasteiger partial charge in [-0.05, 0) is 37.8 Å². The van der Waals surface area contributed by atoms with E-state index in [0.717, 1.165) is 19.5 Å². The standard InChI is InChI=1S/C9H13NO/c1-2-9(11)4-3-8-5-6-10-7-8/h1,8,10H,3-7H2. The maximum atomic E-state index is 10.7. The van der Waals surface area contributed by atoms with Crippen molar-refractivity contribution in [1.82, 2.24) is 5.32 Å². The average molecular weight is 151 g/mol. The maximum absolute atomic E-state index is 10.7. The summed E-state index contributed by atoms with van der Waals surface area (Å²) in [7, 11) is 0. The Bertz CT molecular complexity index is 174. The summed E-state index contributed by atoms with van der Waals surface area (Å²) in [6.07, 6.45) is 7.65. The minimum Gasteiger partial charge on any atom is -0.316 e. The smallest absolute Gasteiger partial charge is 0.205 e. The molecule has 1 N–H and O–H groups in total. The highest BCUT2D eigenvalue weighted by Gasteiger charge is 2.14. The maximum Gasteiger partial charge on any atom is 0.205 e. The van der Waals surface area contributed by atoms with E-state index in [9.17, 15) is 4.79 Å². The highest BCUT2D eigenvalue weighted by Crippen LogP contribution is 2.13. The molecule has 1 aliphatic heterocycles. The van der Waals surface area contributed by atoms with Crippen LogP contribution in [0.25, 0.3) is 0 Å². The highest BCUT2D eigenvalue weighted by atomic mass is 16.1. The summed E-state index contributed by atoms with van der Waals surface area (Å²) in [5.74, 6) is 2.74. The van der Waals surface area contributed by atoms with Crippen molar-refractivity contribution in [3.05, 3.63) is 0 Å². The minimum absolute atomic E-state index is 0.0584. The second kappa shape index (κ2) is 4.15. The van der Waals surface area contributed by atoms with Gasteiger partial charge in [-0.1, -0.05) is 0 Å². The molecule has 0 aromatic rings. The summed E-state index contributed by atoms with van der Waals surface area (Å²) < 4.78 is 0. The van der Waals surface area contributed by atoms with E-state index in [-0.39, 0.29) is 5.78 Å². The van der Waals surface area contributed by atoms with Gasteiger partial charge in [0.2, 0.25) is 5.78 Å². The molecule has 0 bridgehead atoms. The summed E-state index contributed by atoms with van der Waals surface area (Å²) in [4.78, 5) is 10.7. The Balaban J connectivity index is 2.12. The van der Waals surface area contributed by atoms with E-state index in [1.165, 1.54) is 6.42 Å². The lowest BCUT2D eigenvalue weighted by Gasteiger charge is -2.03. The molecule has 1 heterocycles. The van der Waals surface area contributed by atoms with Crippen molar-refractivity contribution < 1.29 is 4.79 Å². The quantitative estimate of drug-likeness (QED) is 0.472. The zero-order valence-corrected chi connectivity index (χ0v) is 6.60. The molecule has 2 heteroatoms. The summed E-state index contributed by atoms with van der Waals surface area (Å²) in [5.41, 5.74) is 0. The van der Waals surface area contributed by atoms with E-state index in [2.05, 4.69) is 11.2 Å². The first-order valence-electron chi connectivity index (χ1n) is 4.03. The number of rotatable bonds is 3. The summed E-state index contributed by atoms with van der Waals surface area (Å²) in [5, 5.41) is 3.25. The SMILES string of the molecule is C#CC(=O)CCC1CCNC1. The van der Waals surface area contributed by atoms with Gasteiger partial charge in [0.05, 0.1) is 0 Å². The molecule has 0 amide bonds. The van der Waals surface area contributed by atoms with Crippen LogP contribution in [0.4, 0.5) is 0 Å². The Hall–Kier alpha value is -0.810. The van der Waals surface area contributed by atoms with Crippen LogP contribution >= 0.6 is 0 Å². The molecular weight excluding hydrogens is 138 g/mol. The van der Waals surface area contributed by atoms with Crippen molar-refractivity contribution in [2.45, 2.75) is 19.3 Å².